The fourth-order valence-corrected chi connectivity index (χ4v) is 2.33. The first kappa shape index (κ1) is 34.7. The van der Waals surface area contributed by atoms with E-state index in [1.165, 1.54) is 4.74 Å². The lowest BCUT2D eigenvalue weighted by Crippen LogP contribution is -2.64. The smallest absolute Gasteiger partial charge is 0.369 e. The summed E-state index contributed by atoms with van der Waals surface area (Å²) in [5.41, 5.74) is 0. The standard InChI is InChI=1S/C13H12F16O6S/c14-6(2-1-3-36(30,31)32)4-33-5-7(15,16)34-12(26,27)13(28,29)35-11(24,25)9(19,20)8(17,18)10(21,22)23/h6H,1-5H2,(H,30,31,32)/t6-/m0/s1. The number of halogens is 16. The molecule has 0 heterocycles. The summed E-state index contributed by atoms with van der Waals surface area (Å²) < 4.78 is 242. The van der Waals surface area contributed by atoms with Crippen LogP contribution in [0.3, 0.4) is 0 Å². The highest BCUT2D eigenvalue weighted by Gasteiger charge is 2.85. The molecule has 218 valence electrons. The number of rotatable bonds is 15. The first-order valence-electron chi connectivity index (χ1n) is 8.42. The van der Waals surface area contributed by atoms with Gasteiger partial charge in [-0.15, -0.1) is 0 Å². The van der Waals surface area contributed by atoms with Crippen molar-refractivity contribution in [3.05, 3.63) is 0 Å². The first-order chi connectivity index (χ1) is 15.5. The third kappa shape index (κ3) is 8.90. The van der Waals surface area contributed by atoms with Crippen LogP contribution in [0.25, 0.3) is 0 Å². The van der Waals surface area contributed by atoms with Crippen molar-refractivity contribution >= 4 is 10.1 Å². The molecule has 23 heteroatoms. The van der Waals surface area contributed by atoms with Crippen molar-refractivity contribution in [2.45, 2.75) is 61.5 Å². The van der Waals surface area contributed by atoms with E-state index in [1.54, 1.807) is 0 Å². The van der Waals surface area contributed by atoms with Gasteiger partial charge in [0.1, 0.15) is 12.8 Å². The SMILES string of the molecule is O=S(=O)(O)CCC[C@H](F)COCC(F)(F)OC(F)(F)C(F)(F)OC(F)(F)C(F)(F)C(F)(F)C(F)(F)F. The van der Waals surface area contributed by atoms with Crippen LogP contribution in [0.15, 0.2) is 0 Å². The average molecular weight is 600 g/mol. The fraction of sp³-hybridized carbons (Fsp3) is 1.00. The summed E-state index contributed by atoms with van der Waals surface area (Å²) in [6.07, 6.45) is -39.3. The maximum atomic E-state index is 13.3. The molecule has 0 aliphatic heterocycles. The predicted molar refractivity (Wildman–Crippen MR) is 79.3 cm³/mol. The molecule has 0 aliphatic rings. The topological polar surface area (TPSA) is 82.1 Å². The van der Waals surface area contributed by atoms with Crippen molar-refractivity contribution in [1.29, 1.82) is 0 Å². The summed E-state index contributed by atoms with van der Waals surface area (Å²) in [6, 6.07) is 0. The molecular formula is C13H12F16O6S. The molecule has 1 atom stereocenters. The molecule has 0 saturated carbocycles. The zero-order valence-corrected chi connectivity index (χ0v) is 17.4. The summed E-state index contributed by atoms with van der Waals surface area (Å²) in [5.74, 6) is -16.8. The Morgan fingerprint density at radius 2 is 1.14 bits per heavy atom. The Morgan fingerprint density at radius 1 is 0.694 bits per heavy atom. The molecule has 6 nitrogen and oxygen atoms in total. The van der Waals surface area contributed by atoms with Gasteiger partial charge in [0, 0.05) is 0 Å². The number of hydrogen-bond acceptors (Lipinski definition) is 5. The molecule has 0 amide bonds. The van der Waals surface area contributed by atoms with Crippen LogP contribution in [0.2, 0.25) is 0 Å². The minimum absolute atomic E-state index is 0.621. The van der Waals surface area contributed by atoms with Crippen molar-refractivity contribution in [3.63, 3.8) is 0 Å². The molecule has 36 heavy (non-hydrogen) atoms. The lowest BCUT2D eigenvalue weighted by Gasteiger charge is -2.36. The van der Waals surface area contributed by atoms with E-state index in [-0.39, 0.29) is 0 Å². The average Bonchev–Trinajstić information content (AvgIpc) is 2.56. The van der Waals surface area contributed by atoms with Crippen molar-refractivity contribution in [3.8, 4) is 0 Å². The van der Waals surface area contributed by atoms with Crippen molar-refractivity contribution < 1.29 is 97.4 Å². The summed E-state index contributed by atoms with van der Waals surface area (Å²) in [7, 11) is -4.55. The Kier molecular flexibility index (Phi) is 10.4. The summed E-state index contributed by atoms with van der Waals surface area (Å²) in [5, 5.41) is 0. The third-order valence-corrected chi connectivity index (χ3v) is 4.28. The highest BCUT2D eigenvalue weighted by atomic mass is 32.2. The van der Waals surface area contributed by atoms with Gasteiger partial charge in [0.15, 0.2) is 0 Å². The molecule has 0 aromatic carbocycles. The predicted octanol–water partition coefficient (Wildman–Crippen LogP) is 5.25. The maximum absolute atomic E-state index is 13.3. The monoisotopic (exact) mass is 600 g/mol. The highest BCUT2D eigenvalue weighted by Crippen LogP contribution is 2.55. The Bertz CT molecular complexity index is 827. The second-order valence-corrected chi connectivity index (χ2v) is 8.15. The molecule has 0 unspecified atom stereocenters. The van der Waals surface area contributed by atoms with Gasteiger partial charge >= 0.3 is 42.5 Å². The molecule has 0 fully saturated rings. The van der Waals surface area contributed by atoms with Gasteiger partial charge in [-0.2, -0.15) is 74.3 Å². The lowest BCUT2D eigenvalue weighted by molar-refractivity contribution is -0.543. The number of hydrogen-bond donors (Lipinski definition) is 1. The molecule has 0 aliphatic carbocycles. The molecule has 0 aromatic heterocycles. The van der Waals surface area contributed by atoms with Gasteiger partial charge in [0.25, 0.3) is 10.1 Å². The van der Waals surface area contributed by atoms with E-state index >= 15 is 0 Å². The van der Waals surface area contributed by atoms with Crippen LogP contribution >= 0.6 is 0 Å². The molecule has 1 N–H and O–H groups in total. The Morgan fingerprint density at radius 3 is 1.56 bits per heavy atom. The number of ether oxygens (including phenoxy) is 3. The van der Waals surface area contributed by atoms with E-state index < -0.39 is 90.6 Å². The minimum Gasteiger partial charge on any atom is -0.369 e. The fourth-order valence-electron chi connectivity index (χ4n) is 1.80. The lowest BCUT2D eigenvalue weighted by atomic mass is 10.1. The van der Waals surface area contributed by atoms with E-state index in [1.807, 2.05) is 0 Å². The van der Waals surface area contributed by atoms with Crippen LogP contribution in [0.4, 0.5) is 70.2 Å². The Hall–Kier alpha value is -1.33. The summed E-state index contributed by atoms with van der Waals surface area (Å²) in [6.45, 7) is -4.07. The third-order valence-electron chi connectivity index (χ3n) is 3.48. The molecule has 0 aromatic rings. The maximum Gasteiger partial charge on any atom is 0.460 e. The normalized spacial score (nSPS) is 16.4. The quantitative estimate of drug-likeness (QED) is 0.205. The van der Waals surface area contributed by atoms with Gasteiger partial charge in [-0.3, -0.25) is 4.55 Å². The van der Waals surface area contributed by atoms with Crippen LogP contribution in [0.1, 0.15) is 12.8 Å². The molecule has 0 spiro atoms. The minimum atomic E-state index is -7.98. The van der Waals surface area contributed by atoms with Crippen LogP contribution in [-0.4, -0.2) is 80.6 Å². The van der Waals surface area contributed by atoms with Gasteiger partial charge in [-0.1, -0.05) is 0 Å². The van der Waals surface area contributed by atoms with Crippen molar-refractivity contribution in [2.24, 2.45) is 0 Å². The zero-order valence-electron chi connectivity index (χ0n) is 16.6. The van der Waals surface area contributed by atoms with Gasteiger partial charge in [-0.25, -0.2) is 13.9 Å². The molecule has 0 rings (SSSR count). The molecular weight excluding hydrogens is 588 g/mol. The van der Waals surface area contributed by atoms with E-state index in [2.05, 4.69) is 9.47 Å². The summed E-state index contributed by atoms with van der Waals surface area (Å²) in [4.78, 5) is 0. The number of alkyl halides is 16. The van der Waals surface area contributed by atoms with Gasteiger partial charge in [-0.05, 0) is 12.8 Å². The first-order valence-corrected chi connectivity index (χ1v) is 10.0. The second kappa shape index (κ2) is 10.8. The van der Waals surface area contributed by atoms with Gasteiger partial charge < -0.3 is 4.74 Å². The van der Waals surface area contributed by atoms with E-state index in [0.29, 0.717) is 0 Å². The van der Waals surface area contributed by atoms with Gasteiger partial charge in [0.05, 0.1) is 12.4 Å². The largest absolute Gasteiger partial charge is 0.460 e. The van der Waals surface area contributed by atoms with Crippen LogP contribution < -0.4 is 0 Å². The van der Waals surface area contributed by atoms with E-state index in [9.17, 15) is 78.7 Å². The second-order valence-electron chi connectivity index (χ2n) is 6.58. The Labute approximate surface area is 189 Å². The van der Waals surface area contributed by atoms with Crippen LogP contribution in [0.5, 0.6) is 0 Å². The molecule has 0 bridgehead atoms. The van der Waals surface area contributed by atoms with E-state index in [4.69, 9.17) is 4.55 Å². The van der Waals surface area contributed by atoms with Gasteiger partial charge in [0.2, 0.25) is 0 Å². The zero-order chi connectivity index (χ0) is 29.2. The van der Waals surface area contributed by atoms with Crippen molar-refractivity contribution in [2.75, 3.05) is 19.0 Å². The van der Waals surface area contributed by atoms with E-state index in [0.717, 1.165) is 0 Å². The van der Waals surface area contributed by atoms with Crippen LogP contribution in [0, 0.1) is 0 Å². The summed E-state index contributed by atoms with van der Waals surface area (Å²) >= 11 is 0. The highest BCUT2D eigenvalue weighted by molar-refractivity contribution is 7.85. The van der Waals surface area contributed by atoms with Crippen LogP contribution in [-0.2, 0) is 24.3 Å². The van der Waals surface area contributed by atoms with Crippen molar-refractivity contribution in [1.82, 2.24) is 0 Å². The molecule has 0 radical (unpaired) electrons. The Balaban J connectivity index is 5.32. The molecule has 0 saturated heterocycles.